The van der Waals surface area contributed by atoms with Gasteiger partial charge in [-0.15, -0.1) is 0 Å². The Morgan fingerprint density at radius 2 is 1.82 bits per heavy atom. The molecule has 0 unspecified atom stereocenters. The lowest BCUT2D eigenvalue weighted by Crippen LogP contribution is -2.37. The van der Waals surface area contributed by atoms with Gasteiger partial charge in [-0.25, -0.2) is 0 Å². The molecule has 0 aromatic carbocycles. The quantitative estimate of drug-likeness (QED) is 0.620. The van der Waals surface area contributed by atoms with Crippen LogP contribution in [0.2, 0.25) is 0 Å². The molecule has 0 aliphatic heterocycles. The summed E-state index contributed by atoms with van der Waals surface area (Å²) in [5, 5.41) is 19.4. The Hall–Kier alpha value is -2.64. The van der Waals surface area contributed by atoms with Crippen LogP contribution in [0.1, 0.15) is 57.9 Å². The van der Waals surface area contributed by atoms with Crippen molar-refractivity contribution in [3.05, 3.63) is 23.0 Å². The number of carboxylic acids is 1. The van der Waals surface area contributed by atoms with E-state index in [0.29, 0.717) is 31.6 Å². The van der Waals surface area contributed by atoms with Crippen molar-refractivity contribution >= 4 is 23.5 Å². The van der Waals surface area contributed by atoms with Crippen molar-refractivity contribution in [3.63, 3.8) is 0 Å². The van der Waals surface area contributed by atoms with Gasteiger partial charge in [0.2, 0.25) is 5.91 Å². The zero-order valence-electron chi connectivity index (χ0n) is 17.2. The average molecular weight is 390 g/mol. The van der Waals surface area contributed by atoms with Gasteiger partial charge in [-0.3, -0.25) is 19.1 Å². The highest BCUT2D eigenvalue weighted by Crippen LogP contribution is 2.35. The van der Waals surface area contributed by atoms with Gasteiger partial charge in [-0.2, -0.15) is 5.10 Å². The lowest BCUT2D eigenvalue weighted by atomic mass is 9.76. The lowest BCUT2D eigenvalue weighted by Gasteiger charge is -2.29. The SMILES string of the molecule is CCn1cc(NC(=O)[C@H]2CC(C)=C(C)C[C@H]2C(=O)O)c(C(=O)NCC(C)C)n1. The van der Waals surface area contributed by atoms with Crippen LogP contribution in [0.25, 0.3) is 0 Å². The Bertz CT molecular complexity index is 794. The van der Waals surface area contributed by atoms with E-state index in [1.54, 1.807) is 10.9 Å². The number of aromatic nitrogens is 2. The third kappa shape index (κ3) is 4.99. The van der Waals surface area contributed by atoms with Crippen LogP contribution in [0.15, 0.2) is 17.3 Å². The Balaban J connectivity index is 2.24. The molecule has 1 aliphatic rings. The van der Waals surface area contributed by atoms with Gasteiger partial charge in [-0.05, 0) is 39.5 Å². The van der Waals surface area contributed by atoms with E-state index in [9.17, 15) is 19.5 Å². The number of anilines is 1. The molecule has 0 fully saturated rings. The summed E-state index contributed by atoms with van der Waals surface area (Å²) in [6.45, 7) is 10.7. The summed E-state index contributed by atoms with van der Waals surface area (Å²) >= 11 is 0. The lowest BCUT2D eigenvalue weighted by molar-refractivity contribution is -0.146. The maximum atomic E-state index is 12.9. The number of nitrogens with zero attached hydrogens (tertiary/aromatic N) is 2. The van der Waals surface area contributed by atoms with E-state index in [1.807, 2.05) is 34.6 Å². The summed E-state index contributed by atoms with van der Waals surface area (Å²) in [6, 6.07) is 0. The number of hydrogen-bond acceptors (Lipinski definition) is 4. The normalized spacial score (nSPS) is 19.6. The topological polar surface area (TPSA) is 113 Å². The summed E-state index contributed by atoms with van der Waals surface area (Å²) in [4.78, 5) is 37.1. The van der Waals surface area contributed by atoms with Crippen molar-refractivity contribution in [2.24, 2.45) is 17.8 Å². The number of carboxylic acid groups (broad SMARTS) is 1. The highest BCUT2D eigenvalue weighted by molar-refractivity contribution is 6.03. The first kappa shape index (κ1) is 21.7. The van der Waals surface area contributed by atoms with Crippen molar-refractivity contribution in [1.29, 1.82) is 0 Å². The predicted molar refractivity (Wildman–Crippen MR) is 106 cm³/mol. The van der Waals surface area contributed by atoms with Crippen molar-refractivity contribution < 1.29 is 19.5 Å². The van der Waals surface area contributed by atoms with Gasteiger partial charge in [0.15, 0.2) is 5.69 Å². The molecule has 1 aliphatic carbocycles. The molecule has 0 bridgehead atoms. The molecule has 0 saturated carbocycles. The summed E-state index contributed by atoms with van der Waals surface area (Å²) in [5.74, 6) is -2.91. The summed E-state index contributed by atoms with van der Waals surface area (Å²) in [5.41, 5.74) is 2.50. The zero-order chi connectivity index (χ0) is 21.0. The van der Waals surface area contributed by atoms with E-state index in [2.05, 4.69) is 15.7 Å². The van der Waals surface area contributed by atoms with Gasteiger partial charge in [0.25, 0.3) is 5.91 Å². The minimum absolute atomic E-state index is 0.141. The van der Waals surface area contributed by atoms with E-state index in [4.69, 9.17) is 0 Å². The molecular formula is C20H30N4O4. The first-order chi connectivity index (χ1) is 13.1. The second-order valence-corrected chi connectivity index (χ2v) is 7.86. The molecule has 0 saturated heterocycles. The van der Waals surface area contributed by atoms with Crippen LogP contribution >= 0.6 is 0 Å². The molecule has 28 heavy (non-hydrogen) atoms. The Morgan fingerprint density at radius 3 is 2.36 bits per heavy atom. The molecular weight excluding hydrogens is 360 g/mol. The minimum Gasteiger partial charge on any atom is -0.481 e. The van der Waals surface area contributed by atoms with Crippen molar-refractivity contribution in [3.8, 4) is 0 Å². The highest BCUT2D eigenvalue weighted by Gasteiger charge is 2.37. The van der Waals surface area contributed by atoms with Gasteiger partial charge < -0.3 is 15.7 Å². The van der Waals surface area contributed by atoms with Gasteiger partial charge in [0.1, 0.15) is 0 Å². The van der Waals surface area contributed by atoms with E-state index in [0.717, 1.165) is 11.1 Å². The van der Waals surface area contributed by atoms with Crippen molar-refractivity contribution in [1.82, 2.24) is 15.1 Å². The fourth-order valence-electron chi connectivity index (χ4n) is 3.28. The second kappa shape index (κ2) is 9.03. The van der Waals surface area contributed by atoms with Crippen LogP contribution in [-0.4, -0.2) is 39.2 Å². The number of carbonyl (C=O) groups is 3. The van der Waals surface area contributed by atoms with Crippen molar-refractivity contribution in [2.45, 2.75) is 54.0 Å². The smallest absolute Gasteiger partial charge is 0.307 e. The van der Waals surface area contributed by atoms with E-state index < -0.39 is 23.7 Å². The molecule has 154 valence electrons. The van der Waals surface area contributed by atoms with Gasteiger partial charge >= 0.3 is 5.97 Å². The van der Waals surface area contributed by atoms with E-state index in [1.165, 1.54) is 0 Å². The van der Waals surface area contributed by atoms with Crippen molar-refractivity contribution in [2.75, 3.05) is 11.9 Å². The van der Waals surface area contributed by atoms with Crippen LogP contribution in [0.3, 0.4) is 0 Å². The van der Waals surface area contributed by atoms with Gasteiger partial charge in [0.05, 0.1) is 17.5 Å². The fraction of sp³-hybridized carbons (Fsp3) is 0.600. The maximum absolute atomic E-state index is 12.9. The Kier molecular flexibility index (Phi) is 6.99. The number of allylic oxidation sites excluding steroid dienone is 2. The number of aryl methyl sites for hydroxylation is 1. The molecule has 1 heterocycles. The average Bonchev–Trinajstić information content (AvgIpc) is 3.04. The number of nitrogens with one attached hydrogen (secondary N) is 2. The van der Waals surface area contributed by atoms with Crippen LogP contribution < -0.4 is 10.6 Å². The third-order valence-electron chi connectivity index (χ3n) is 5.15. The molecule has 1 aromatic heterocycles. The monoisotopic (exact) mass is 390 g/mol. The third-order valence-corrected chi connectivity index (χ3v) is 5.15. The molecule has 2 amide bonds. The van der Waals surface area contributed by atoms with Crippen LogP contribution in [-0.2, 0) is 16.1 Å². The number of hydrogen-bond donors (Lipinski definition) is 3. The van der Waals surface area contributed by atoms with Gasteiger partial charge in [-0.1, -0.05) is 25.0 Å². The molecule has 8 nitrogen and oxygen atoms in total. The number of carbonyl (C=O) groups excluding carboxylic acids is 2. The summed E-state index contributed by atoms with van der Waals surface area (Å²) < 4.78 is 1.57. The molecule has 8 heteroatoms. The van der Waals surface area contributed by atoms with Gasteiger partial charge in [0, 0.05) is 19.3 Å². The standard InChI is InChI=1S/C20H30N4O4/c1-6-24-10-16(17(23-24)19(26)21-9-11(2)3)22-18(25)14-7-12(4)13(5)8-15(14)20(27)28/h10-11,14-15H,6-9H2,1-5H3,(H,21,26)(H,22,25)(H,27,28)/t14-,15+/m0/s1. The maximum Gasteiger partial charge on any atom is 0.307 e. The highest BCUT2D eigenvalue weighted by atomic mass is 16.4. The molecule has 2 atom stereocenters. The fourth-order valence-corrected chi connectivity index (χ4v) is 3.28. The predicted octanol–water partition coefficient (Wildman–Crippen LogP) is 2.67. The van der Waals surface area contributed by atoms with Crippen LogP contribution in [0, 0.1) is 17.8 Å². The zero-order valence-corrected chi connectivity index (χ0v) is 17.2. The molecule has 2 rings (SSSR count). The van der Waals surface area contributed by atoms with Crippen LogP contribution in [0.5, 0.6) is 0 Å². The number of aliphatic carboxylic acids is 1. The number of amides is 2. The minimum atomic E-state index is -0.980. The first-order valence-electron chi connectivity index (χ1n) is 9.68. The molecule has 0 radical (unpaired) electrons. The molecule has 1 aromatic rings. The summed E-state index contributed by atoms with van der Waals surface area (Å²) in [7, 11) is 0. The summed E-state index contributed by atoms with van der Waals surface area (Å²) in [6.07, 6.45) is 2.36. The molecule has 0 spiro atoms. The Morgan fingerprint density at radius 1 is 1.21 bits per heavy atom. The Labute approximate surface area is 165 Å². The second-order valence-electron chi connectivity index (χ2n) is 7.86. The molecule has 3 N–H and O–H groups in total. The van der Waals surface area contributed by atoms with Crippen LogP contribution in [0.4, 0.5) is 5.69 Å². The largest absolute Gasteiger partial charge is 0.481 e. The first-order valence-corrected chi connectivity index (χ1v) is 9.68. The van der Waals surface area contributed by atoms with E-state index in [-0.39, 0.29) is 17.5 Å². The number of rotatable bonds is 7. The van der Waals surface area contributed by atoms with E-state index >= 15 is 0 Å².